The molecule has 0 unspecified atom stereocenters. The summed E-state index contributed by atoms with van der Waals surface area (Å²) < 4.78 is 12.0. The van der Waals surface area contributed by atoms with E-state index in [1.165, 1.54) is 51.5 Å². The molecule has 0 saturated carbocycles. The zero-order valence-electron chi connectivity index (χ0n) is 30.3. The van der Waals surface area contributed by atoms with Crippen molar-refractivity contribution in [2.24, 2.45) is 0 Å². The minimum absolute atomic E-state index is 0.572. The molecule has 8 aromatic carbocycles. The fourth-order valence-electron chi connectivity index (χ4n) is 8.18. The fourth-order valence-corrected chi connectivity index (χ4v) is 10.5. The first-order valence-electron chi connectivity index (χ1n) is 18.9. The van der Waals surface area contributed by atoms with Gasteiger partial charge in [-0.25, -0.2) is 15.0 Å². The largest absolute Gasteiger partial charge is 0.455 e. The van der Waals surface area contributed by atoms with Gasteiger partial charge in [0.25, 0.3) is 0 Å². The van der Waals surface area contributed by atoms with Gasteiger partial charge in [0, 0.05) is 67.8 Å². The molecule has 0 N–H and O–H groups in total. The first-order chi connectivity index (χ1) is 28.2. The van der Waals surface area contributed by atoms with E-state index < -0.39 is 0 Å². The number of fused-ring (bicyclic) bond motifs is 9. The molecule has 0 spiro atoms. The number of hydrogen-bond acceptors (Lipinski definition) is 6. The number of benzene rings is 8. The molecule has 0 aliphatic carbocycles. The van der Waals surface area contributed by atoms with Crippen molar-refractivity contribution in [1.82, 2.24) is 15.0 Å². The summed E-state index contributed by atoms with van der Waals surface area (Å²) in [5, 5.41) is 7.23. The summed E-state index contributed by atoms with van der Waals surface area (Å²) in [5.41, 5.74) is 8.97. The van der Waals surface area contributed by atoms with E-state index in [1.54, 1.807) is 0 Å². The number of rotatable bonds is 5. The lowest BCUT2D eigenvalue weighted by Crippen LogP contribution is -2.00. The van der Waals surface area contributed by atoms with E-state index in [9.17, 15) is 0 Å². The maximum Gasteiger partial charge on any atom is 0.167 e. The topological polar surface area (TPSA) is 51.8 Å². The van der Waals surface area contributed by atoms with Crippen LogP contribution in [-0.2, 0) is 0 Å². The van der Waals surface area contributed by atoms with E-state index in [0.717, 1.165) is 49.8 Å². The Kier molecular flexibility index (Phi) is 7.24. The zero-order chi connectivity index (χ0) is 37.5. The predicted octanol–water partition coefficient (Wildman–Crippen LogP) is 14.8. The van der Waals surface area contributed by atoms with Crippen LogP contribution in [0.25, 0.3) is 119 Å². The molecule has 57 heavy (non-hydrogen) atoms. The standard InChI is InChI=1S/C51H29N3OS2/c1-3-12-30(13-4-1)49-52-50(31-14-5-2-6-15-31)54-51(53-49)39-19-11-18-38-35-24-22-32(29-43(35)55-47(38)39)34-27-40(48-42(28-34)37-17-8-10-21-45(37)57-48)33-23-25-46-41(26-33)36-16-7-9-20-44(36)56-46/h1-29H. The van der Waals surface area contributed by atoms with Crippen LogP contribution in [0.5, 0.6) is 0 Å². The zero-order valence-corrected chi connectivity index (χ0v) is 31.9. The summed E-state index contributed by atoms with van der Waals surface area (Å²) in [6, 6.07) is 62.1. The molecule has 4 aromatic heterocycles. The SMILES string of the molecule is c1ccc(-c2nc(-c3ccccc3)nc(-c3cccc4c3oc3cc(-c5cc(-c6ccc7sc8ccccc8c7c6)c6sc7ccccc7c6c5)ccc34)n2)cc1. The highest BCUT2D eigenvalue weighted by molar-refractivity contribution is 7.26. The van der Waals surface area contributed by atoms with Gasteiger partial charge in [0.1, 0.15) is 11.2 Å². The number of nitrogens with zero attached hydrogens (tertiary/aromatic N) is 3. The van der Waals surface area contributed by atoms with Crippen LogP contribution in [-0.4, -0.2) is 15.0 Å². The van der Waals surface area contributed by atoms with Crippen LogP contribution in [0, 0.1) is 0 Å². The Bertz CT molecular complexity index is 3470. The minimum Gasteiger partial charge on any atom is -0.455 e. The van der Waals surface area contributed by atoms with Crippen molar-refractivity contribution < 1.29 is 4.42 Å². The Balaban J connectivity index is 1.03. The van der Waals surface area contributed by atoms with Crippen LogP contribution in [0.4, 0.5) is 0 Å². The van der Waals surface area contributed by atoms with Crippen molar-refractivity contribution in [1.29, 1.82) is 0 Å². The monoisotopic (exact) mass is 763 g/mol. The van der Waals surface area contributed by atoms with Gasteiger partial charge in [-0.2, -0.15) is 0 Å². The molecule has 12 aromatic rings. The first kappa shape index (κ1) is 32.3. The lowest BCUT2D eigenvalue weighted by atomic mass is 9.95. The lowest BCUT2D eigenvalue weighted by Gasteiger charge is -2.10. The highest BCUT2D eigenvalue weighted by Crippen LogP contribution is 2.45. The summed E-state index contributed by atoms with van der Waals surface area (Å²) in [4.78, 5) is 15.0. The van der Waals surface area contributed by atoms with Crippen LogP contribution in [0.1, 0.15) is 0 Å². The third-order valence-corrected chi connectivity index (χ3v) is 13.3. The van der Waals surface area contributed by atoms with Gasteiger partial charge in [0.2, 0.25) is 0 Å². The second kappa shape index (κ2) is 12.8. The van der Waals surface area contributed by atoms with Crippen molar-refractivity contribution in [2.75, 3.05) is 0 Å². The maximum absolute atomic E-state index is 6.83. The van der Waals surface area contributed by atoms with E-state index >= 15 is 0 Å². The van der Waals surface area contributed by atoms with Gasteiger partial charge in [-0.15, -0.1) is 22.7 Å². The van der Waals surface area contributed by atoms with Crippen LogP contribution in [0.3, 0.4) is 0 Å². The Labute approximate surface area is 335 Å². The van der Waals surface area contributed by atoms with Crippen molar-refractivity contribution >= 4 is 85.0 Å². The fraction of sp³-hybridized carbons (Fsp3) is 0. The molecule has 4 heterocycles. The van der Waals surface area contributed by atoms with Crippen LogP contribution < -0.4 is 0 Å². The summed E-state index contributed by atoms with van der Waals surface area (Å²) >= 11 is 3.73. The van der Waals surface area contributed by atoms with Crippen molar-refractivity contribution in [3.8, 4) is 56.4 Å². The van der Waals surface area contributed by atoms with Crippen molar-refractivity contribution in [3.63, 3.8) is 0 Å². The molecule has 0 amide bonds. The average Bonchev–Trinajstić information content (AvgIpc) is 3.97. The van der Waals surface area contributed by atoms with E-state index in [4.69, 9.17) is 19.4 Å². The van der Waals surface area contributed by atoms with Gasteiger partial charge in [-0.05, 0) is 71.3 Å². The van der Waals surface area contributed by atoms with E-state index in [2.05, 4.69) is 109 Å². The first-order valence-corrected chi connectivity index (χ1v) is 20.6. The van der Waals surface area contributed by atoms with Crippen LogP contribution in [0.2, 0.25) is 0 Å². The molecule has 266 valence electrons. The third kappa shape index (κ3) is 5.30. The quantitative estimate of drug-likeness (QED) is 0.175. The molecule has 0 saturated heterocycles. The van der Waals surface area contributed by atoms with E-state index in [1.807, 2.05) is 89.4 Å². The number of aromatic nitrogens is 3. The molecule has 0 radical (unpaired) electrons. The highest BCUT2D eigenvalue weighted by atomic mass is 32.1. The molecule has 4 nitrogen and oxygen atoms in total. The van der Waals surface area contributed by atoms with Gasteiger partial charge >= 0.3 is 0 Å². The smallest absolute Gasteiger partial charge is 0.167 e. The Morgan fingerprint density at radius 3 is 1.68 bits per heavy atom. The third-order valence-electron chi connectivity index (χ3n) is 10.9. The summed E-state index contributed by atoms with van der Waals surface area (Å²) in [6.45, 7) is 0. The molecule has 12 rings (SSSR count). The normalized spacial score (nSPS) is 11.9. The number of thiophene rings is 2. The van der Waals surface area contributed by atoms with Gasteiger partial charge in [-0.3, -0.25) is 0 Å². The number of hydrogen-bond donors (Lipinski definition) is 0. The van der Waals surface area contributed by atoms with Gasteiger partial charge < -0.3 is 4.42 Å². The molecular formula is C51H29N3OS2. The molecule has 6 heteroatoms. The van der Waals surface area contributed by atoms with Crippen LogP contribution >= 0.6 is 22.7 Å². The van der Waals surface area contributed by atoms with E-state index in [0.29, 0.717) is 17.5 Å². The van der Waals surface area contributed by atoms with Gasteiger partial charge in [0.15, 0.2) is 17.5 Å². The summed E-state index contributed by atoms with van der Waals surface area (Å²) in [6.07, 6.45) is 0. The molecule has 0 atom stereocenters. The van der Waals surface area contributed by atoms with Crippen molar-refractivity contribution in [2.45, 2.75) is 0 Å². The number of para-hydroxylation sites is 1. The van der Waals surface area contributed by atoms with Gasteiger partial charge in [-0.1, -0.05) is 121 Å². The molecule has 0 fully saturated rings. The molecule has 0 aliphatic rings. The second-order valence-corrected chi connectivity index (χ2v) is 16.5. The Morgan fingerprint density at radius 2 is 0.930 bits per heavy atom. The predicted molar refractivity (Wildman–Crippen MR) is 240 cm³/mol. The molecular weight excluding hydrogens is 735 g/mol. The molecule has 0 aliphatic heterocycles. The lowest BCUT2D eigenvalue weighted by molar-refractivity contribution is 0.669. The average molecular weight is 764 g/mol. The minimum atomic E-state index is 0.572. The Morgan fingerprint density at radius 1 is 0.333 bits per heavy atom. The second-order valence-electron chi connectivity index (χ2n) is 14.3. The Hall–Kier alpha value is -6.99. The highest BCUT2D eigenvalue weighted by Gasteiger charge is 2.20. The number of furan rings is 1. The summed E-state index contributed by atoms with van der Waals surface area (Å²) in [7, 11) is 0. The molecule has 0 bridgehead atoms. The van der Waals surface area contributed by atoms with Crippen molar-refractivity contribution in [3.05, 3.63) is 176 Å². The summed E-state index contributed by atoms with van der Waals surface area (Å²) in [5.74, 6) is 1.81. The van der Waals surface area contributed by atoms with E-state index in [-0.39, 0.29) is 0 Å². The maximum atomic E-state index is 6.83. The van der Waals surface area contributed by atoms with Crippen LogP contribution in [0.15, 0.2) is 180 Å². The van der Waals surface area contributed by atoms with Gasteiger partial charge in [0.05, 0.1) is 5.56 Å².